The number of nitrogens with one attached hydrogen (secondary N) is 1. The Hall–Kier alpha value is -0.520. The summed E-state index contributed by atoms with van der Waals surface area (Å²) in [6.07, 6.45) is 2.34. The van der Waals surface area contributed by atoms with Crippen LogP contribution < -0.4 is 11.1 Å². The molecule has 22 heavy (non-hydrogen) atoms. The molecule has 1 heterocycles. The van der Waals surface area contributed by atoms with E-state index in [1.54, 1.807) is 12.1 Å². The van der Waals surface area contributed by atoms with E-state index in [0.29, 0.717) is 36.2 Å². The fourth-order valence-corrected chi connectivity index (χ4v) is 2.95. The van der Waals surface area contributed by atoms with Crippen molar-refractivity contribution < 1.29 is 9.53 Å². The fourth-order valence-electron chi connectivity index (χ4n) is 2.45. The number of amides is 1. The topological polar surface area (TPSA) is 64.4 Å². The third-order valence-corrected chi connectivity index (χ3v) is 4.37. The Kier molecular flexibility index (Phi) is 8.50. The number of nitrogens with two attached hydrogens (primary N) is 1. The lowest BCUT2D eigenvalue weighted by atomic mass is 9.92. The minimum absolute atomic E-state index is 0. The highest BCUT2D eigenvalue weighted by Crippen LogP contribution is 2.21. The number of hydrogen-bond donors (Lipinski definition) is 2. The van der Waals surface area contributed by atoms with Crippen molar-refractivity contribution in [3.8, 4) is 0 Å². The molecule has 7 heteroatoms. The number of benzene rings is 1. The van der Waals surface area contributed by atoms with Gasteiger partial charge in [-0.25, -0.2) is 0 Å². The van der Waals surface area contributed by atoms with Crippen LogP contribution in [-0.4, -0.2) is 31.7 Å². The molecule has 0 aromatic heterocycles. The Morgan fingerprint density at radius 1 is 1.36 bits per heavy atom. The summed E-state index contributed by atoms with van der Waals surface area (Å²) < 4.78 is 5.28. The lowest BCUT2D eigenvalue weighted by Gasteiger charge is -2.26. The Morgan fingerprint density at radius 3 is 2.68 bits per heavy atom. The Bertz CT molecular complexity index is 494. The van der Waals surface area contributed by atoms with Crippen molar-refractivity contribution in [3.63, 3.8) is 0 Å². The van der Waals surface area contributed by atoms with E-state index in [1.165, 1.54) is 0 Å². The molecule has 2 rings (SSSR count). The second kappa shape index (κ2) is 9.58. The number of halogens is 3. The maximum absolute atomic E-state index is 12.0. The van der Waals surface area contributed by atoms with Gasteiger partial charge in [-0.05, 0) is 42.9 Å². The van der Waals surface area contributed by atoms with E-state index in [9.17, 15) is 4.79 Å². The zero-order chi connectivity index (χ0) is 15.2. The lowest BCUT2D eigenvalue weighted by Crippen LogP contribution is -2.47. The van der Waals surface area contributed by atoms with Crippen molar-refractivity contribution in [2.75, 3.05) is 19.8 Å². The summed E-state index contributed by atoms with van der Waals surface area (Å²) in [6, 6.07) is 4.90. The zero-order valence-corrected chi connectivity index (χ0v) is 14.5. The molecule has 1 unspecified atom stereocenters. The van der Waals surface area contributed by atoms with E-state index in [4.69, 9.17) is 33.7 Å². The van der Waals surface area contributed by atoms with Gasteiger partial charge >= 0.3 is 0 Å². The largest absolute Gasteiger partial charge is 0.381 e. The first-order valence-corrected chi connectivity index (χ1v) is 7.88. The molecule has 1 amide bonds. The molecule has 1 saturated heterocycles. The van der Waals surface area contributed by atoms with Crippen molar-refractivity contribution in [3.05, 3.63) is 33.8 Å². The Balaban J connectivity index is 0.00000242. The van der Waals surface area contributed by atoms with Gasteiger partial charge in [-0.2, -0.15) is 0 Å². The monoisotopic (exact) mass is 366 g/mol. The molecule has 0 radical (unpaired) electrons. The van der Waals surface area contributed by atoms with Crippen LogP contribution in [0.2, 0.25) is 10.0 Å². The Morgan fingerprint density at radius 2 is 2.05 bits per heavy atom. The van der Waals surface area contributed by atoms with Gasteiger partial charge in [0.15, 0.2) is 0 Å². The predicted molar refractivity (Wildman–Crippen MR) is 91.9 cm³/mol. The summed E-state index contributed by atoms with van der Waals surface area (Å²) in [5.41, 5.74) is 6.97. The third-order valence-electron chi connectivity index (χ3n) is 3.79. The normalized spacial score (nSPS) is 16.7. The number of hydrogen-bond acceptors (Lipinski definition) is 3. The van der Waals surface area contributed by atoms with E-state index in [-0.39, 0.29) is 24.2 Å². The summed E-state index contributed by atoms with van der Waals surface area (Å²) in [5, 5.41) is 4.10. The molecular weight excluding hydrogens is 347 g/mol. The van der Waals surface area contributed by atoms with E-state index in [1.807, 2.05) is 6.07 Å². The van der Waals surface area contributed by atoms with Gasteiger partial charge in [0.2, 0.25) is 5.91 Å². The number of carbonyl (C=O) groups excluding carboxylic acids is 1. The van der Waals surface area contributed by atoms with Crippen LogP contribution in [0.4, 0.5) is 0 Å². The molecule has 1 aromatic carbocycles. The SMILES string of the molecule is Cl.NC(C(=O)NCCc1ccc(Cl)cc1Cl)C1CCOCC1. The van der Waals surface area contributed by atoms with Gasteiger partial charge in [0.1, 0.15) is 0 Å². The van der Waals surface area contributed by atoms with E-state index >= 15 is 0 Å². The minimum Gasteiger partial charge on any atom is -0.381 e. The first-order chi connectivity index (χ1) is 10.1. The molecule has 3 N–H and O–H groups in total. The molecule has 1 aliphatic rings. The van der Waals surface area contributed by atoms with Crippen molar-refractivity contribution in [1.82, 2.24) is 5.32 Å². The van der Waals surface area contributed by atoms with Gasteiger partial charge < -0.3 is 15.8 Å². The molecular formula is C15H21Cl3N2O2. The quantitative estimate of drug-likeness (QED) is 0.841. The summed E-state index contributed by atoms with van der Waals surface area (Å²) in [4.78, 5) is 12.0. The van der Waals surface area contributed by atoms with Crippen molar-refractivity contribution in [2.45, 2.75) is 25.3 Å². The van der Waals surface area contributed by atoms with Crippen LogP contribution in [0, 0.1) is 5.92 Å². The second-order valence-electron chi connectivity index (χ2n) is 5.25. The summed E-state index contributed by atoms with van der Waals surface area (Å²) in [6.45, 7) is 1.88. The molecule has 124 valence electrons. The average Bonchev–Trinajstić information content (AvgIpc) is 2.49. The van der Waals surface area contributed by atoms with Crippen LogP contribution in [0.15, 0.2) is 18.2 Å². The van der Waals surface area contributed by atoms with Gasteiger partial charge in [0.25, 0.3) is 0 Å². The standard InChI is InChI=1S/C15H20Cl2N2O2.ClH/c16-12-2-1-10(13(17)9-12)3-6-19-15(20)14(18)11-4-7-21-8-5-11;/h1-2,9,11,14H,3-8,18H2,(H,19,20);1H. The van der Waals surface area contributed by atoms with Gasteiger partial charge in [0.05, 0.1) is 6.04 Å². The first kappa shape index (κ1) is 19.5. The molecule has 4 nitrogen and oxygen atoms in total. The van der Waals surface area contributed by atoms with E-state index in [2.05, 4.69) is 5.32 Å². The molecule has 0 saturated carbocycles. The summed E-state index contributed by atoms with van der Waals surface area (Å²) >= 11 is 11.9. The van der Waals surface area contributed by atoms with E-state index in [0.717, 1.165) is 18.4 Å². The maximum atomic E-state index is 12.0. The molecule has 1 aromatic rings. The molecule has 1 atom stereocenters. The van der Waals surface area contributed by atoms with Gasteiger partial charge in [0, 0.05) is 29.8 Å². The number of rotatable bonds is 5. The highest BCUT2D eigenvalue weighted by Gasteiger charge is 2.26. The van der Waals surface area contributed by atoms with Gasteiger partial charge in [-0.15, -0.1) is 12.4 Å². The summed E-state index contributed by atoms with van der Waals surface area (Å²) in [7, 11) is 0. The molecule has 1 aliphatic heterocycles. The van der Waals surface area contributed by atoms with Crippen LogP contribution in [0.3, 0.4) is 0 Å². The number of ether oxygens (including phenoxy) is 1. The van der Waals surface area contributed by atoms with Crippen LogP contribution in [-0.2, 0) is 16.0 Å². The van der Waals surface area contributed by atoms with Crippen molar-refractivity contribution in [1.29, 1.82) is 0 Å². The van der Waals surface area contributed by atoms with Crippen LogP contribution in [0.1, 0.15) is 18.4 Å². The van der Waals surface area contributed by atoms with Gasteiger partial charge in [-0.3, -0.25) is 4.79 Å². The highest BCUT2D eigenvalue weighted by molar-refractivity contribution is 6.35. The maximum Gasteiger partial charge on any atom is 0.237 e. The fraction of sp³-hybridized carbons (Fsp3) is 0.533. The molecule has 1 fully saturated rings. The van der Waals surface area contributed by atoms with Crippen LogP contribution in [0.25, 0.3) is 0 Å². The first-order valence-electron chi connectivity index (χ1n) is 7.13. The minimum atomic E-state index is -0.463. The van der Waals surface area contributed by atoms with E-state index < -0.39 is 6.04 Å². The predicted octanol–water partition coefficient (Wildman–Crippen LogP) is 2.83. The lowest BCUT2D eigenvalue weighted by molar-refractivity contribution is -0.124. The second-order valence-corrected chi connectivity index (χ2v) is 6.10. The van der Waals surface area contributed by atoms with Crippen molar-refractivity contribution >= 4 is 41.5 Å². The third kappa shape index (κ3) is 5.60. The van der Waals surface area contributed by atoms with Gasteiger partial charge in [-0.1, -0.05) is 29.3 Å². The molecule has 0 bridgehead atoms. The Labute approximate surface area is 147 Å². The molecule has 0 aliphatic carbocycles. The van der Waals surface area contributed by atoms with Crippen LogP contribution in [0.5, 0.6) is 0 Å². The zero-order valence-electron chi connectivity index (χ0n) is 12.2. The average molecular weight is 368 g/mol. The van der Waals surface area contributed by atoms with Crippen LogP contribution >= 0.6 is 35.6 Å². The number of carbonyl (C=O) groups is 1. The summed E-state index contributed by atoms with van der Waals surface area (Å²) in [5.74, 6) is 0.102. The molecule has 0 spiro atoms. The smallest absolute Gasteiger partial charge is 0.237 e. The van der Waals surface area contributed by atoms with Crippen molar-refractivity contribution in [2.24, 2.45) is 11.7 Å². The highest BCUT2D eigenvalue weighted by atomic mass is 35.5.